The van der Waals surface area contributed by atoms with Gasteiger partial charge in [-0.1, -0.05) is 32.0 Å². The van der Waals surface area contributed by atoms with Crippen molar-refractivity contribution in [1.82, 2.24) is 5.32 Å². The Bertz CT molecular complexity index is 1400. The van der Waals surface area contributed by atoms with Gasteiger partial charge in [-0.3, -0.25) is 4.79 Å². The number of nitrogens with zero attached hydrogens (tertiary/aromatic N) is 2. The molecule has 2 heterocycles. The molecule has 1 aliphatic heterocycles. The molecule has 6 nitrogen and oxygen atoms in total. The predicted molar refractivity (Wildman–Crippen MR) is 177 cm³/mol. The summed E-state index contributed by atoms with van der Waals surface area (Å²) in [6.45, 7) is 8.53. The summed E-state index contributed by atoms with van der Waals surface area (Å²) in [5.74, 6) is 0.881. The lowest BCUT2D eigenvalue weighted by Crippen LogP contribution is -2.57. The summed E-state index contributed by atoms with van der Waals surface area (Å²) < 4.78 is 6.21. The van der Waals surface area contributed by atoms with Gasteiger partial charge in [0.15, 0.2) is 5.54 Å². The highest BCUT2D eigenvalue weighted by Crippen LogP contribution is 2.45. The number of carbonyl (C=O) groups is 1. The van der Waals surface area contributed by atoms with Crippen LogP contribution in [0.15, 0.2) is 58.0 Å². The Hall–Kier alpha value is -1.66. The van der Waals surface area contributed by atoms with E-state index in [1.54, 1.807) is 0 Å². The summed E-state index contributed by atoms with van der Waals surface area (Å²) in [5.41, 5.74) is 1.26. The van der Waals surface area contributed by atoms with Gasteiger partial charge in [-0.05, 0) is 83.7 Å². The number of amides is 1. The van der Waals surface area contributed by atoms with Crippen molar-refractivity contribution >= 4 is 75.5 Å². The second-order valence-corrected chi connectivity index (χ2v) is 13.8. The van der Waals surface area contributed by atoms with Crippen molar-refractivity contribution in [2.75, 3.05) is 18.2 Å². The minimum absolute atomic E-state index is 0.110. The van der Waals surface area contributed by atoms with E-state index in [0.29, 0.717) is 12.3 Å². The van der Waals surface area contributed by atoms with E-state index < -0.39 is 11.5 Å². The smallest absolute Gasteiger partial charge is 0.248 e. The number of hydrazone groups is 1. The van der Waals surface area contributed by atoms with Crippen molar-refractivity contribution in [2.45, 2.75) is 52.0 Å². The Balaban J connectivity index is 1.83. The molecular formula is C29H39N3O3P4. The molecule has 2 aromatic carbocycles. The standard InChI is InChI=1S/C29H39N3O3P4/c1-17-6-11-22(35-17)25-26(20-9-7-18(36)14-23(20)38)31-32(21-10-8-19(37)15-24(21)39)29(25,4)27(34)30-13-5-12-28(2,3)16-33/h6-11,14-15,25,33H,5,12-13,16,36-39H2,1-4H3,(H,30,34). The van der Waals surface area contributed by atoms with Gasteiger partial charge in [0.05, 0.1) is 17.3 Å². The third-order valence-electron chi connectivity index (χ3n) is 7.36. The lowest BCUT2D eigenvalue weighted by Gasteiger charge is -2.37. The van der Waals surface area contributed by atoms with Crippen LogP contribution < -0.4 is 31.5 Å². The van der Waals surface area contributed by atoms with Crippen molar-refractivity contribution in [3.8, 4) is 0 Å². The van der Waals surface area contributed by atoms with Crippen molar-refractivity contribution < 1.29 is 14.3 Å². The van der Waals surface area contributed by atoms with Crippen molar-refractivity contribution in [3.05, 3.63) is 65.6 Å². The Morgan fingerprint density at radius 1 is 1.08 bits per heavy atom. The molecular weight excluding hydrogens is 562 g/mol. The maximum absolute atomic E-state index is 14.3. The third-order valence-corrected chi connectivity index (χ3v) is 9.02. The van der Waals surface area contributed by atoms with E-state index in [1.807, 2.05) is 69.1 Å². The molecule has 6 atom stereocenters. The lowest BCUT2D eigenvalue weighted by molar-refractivity contribution is -0.126. The number of benzene rings is 2. The van der Waals surface area contributed by atoms with Crippen LogP contribution in [0.3, 0.4) is 0 Å². The lowest BCUT2D eigenvalue weighted by atomic mass is 9.78. The monoisotopic (exact) mass is 601 g/mol. The molecule has 3 aromatic rings. The molecule has 1 aromatic heterocycles. The topological polar surface area (TPSA) is 78.1 Å². The normalized spacial score (nSPS) is 19.4. The van der Waals surface area contributed by atoms with Gasteiger partial charge in [0, 0.05) is 18.7 Å². The Morgan fingerprint density at radius 3 is 2.33 bits per heavy atom. The summed E-state index contributed by atoms with van der Waals surface area (Å²) >= 11 is 0. The van der Waals surface area contributed by atoms with Crippen LogP contribution in [0.2, 0.25) is 0 Å². The number of rotatable bonds is 9. The second kappa shape index (κ2) is 12.1. The van der Waals surface area contributed by atoms with Crippen molar-refractivity contribution in [3.63, 3.8) is 0 Å². The van der Waals surface area contributed by atoms with Gasteiger partial charge in [-0.2, -0.15) is 5.10 Å². The van der Waals surface area contributed by atoms with Gasteiger partial charge in [0.1, 0.15) is 11.5 Å². The average Bonchev–Trinajstić information content (AvgIpc) is 3.42. The van der Waals surface area contributed by atoms with Gasteiger partial charge in [0.2, 0.25) is 5.91 Å². The fourth-order valence-corrected chi connectivity index (χ4v) is 6.81. The summed E-state index contributed by atoms with van der Waals surface area (Å²) in [5, 5.41) is 23.9. The molecule has 0 saturated carbocycles. The predicted octanol–water partition coefficient (Wildman–Crippen LogP) is 3.27. The average molecular weight is 602 g/mol. The van der Waals surface area contributed by atoms with E-state index in [1.165, 1.54) is 0 Å². The molecule has 2 N–H and O–H groups in total. The first-order valence-electron chi connectivity index (χ1n) is 13.0. The zero-order chi connectivity index (χ0) is 28.5. The molecule has 1 amide bonds. The minimum atomic E-state index is -1.11. The van der Waals surface area contributed by atoms with Crippen LogP contribution in [0.5, 0.6) is 0 Å². The molecule has 0 radical (unpaired) electrons. The minimum Gasteiger partial charge on any atom is -0.466 e. The van der Waals surface area contributed by atoms with Crippen molar-refractivity contribution in [1.29, 1.82) is 0 Å². The first-order valence-corrected chi connectivity index (χ1v) is 15.3. The highest BCUT2D eigenvalue weighted by atomic mass is 31.0. The summed E-state index contributed by atoms with van der Waals surface area (Å²) in [4.78, 5) is 14.3. The van der Waals surface area contributed by atoms with Gasteiger partial charge in [0.25, 0.3) is 0 Å². The quantitative estimate of drug-likeness (QED) is 0.292. The second-order valence-electron chi connectivity index (χ2n) is 11.2. The van der Waals surface area contributed by atoms with E-state index >= 15 is 0 Å². The van der Waals surface area contributed by atoms with E-state index in [2.05, 4.69) is 54.4 Å². The van der Waals surface area contributed by atoms with Crippen LogP contribution in [-0.4, -0.2) is 35.4 Å². The zero-order valence-electron chi connectivity index (χ0n) is 23.0. The summed E-state index contributed by atoms with van der Waals surface area (Å²) in [7, 11) is 11.1. The van der Waals surface area contributed by atoms with Crippen LogP contribution in [-0.2, 0) is 4.79 Å². The molecule has 0 saturated heterocycles. The number of anilines is 1. The van der Waals surface area contributed by atoms with Crippen LogP contribution in [0, 0.1) is 12.3 Å². The number of hydrogen-bond donors (Lipinski definition) is 2. The van der Waals surface area contributed by atoms with Gasteiger partial charge >= 0.3 is 0 Å². The molecule has 0 aliphatic carbocycles. The highest BCUT2D eigenvalue weighted by Gasteiger charge is 2.56. The van der Waals surface area contributed by atoms with E-state index in [4.69, 9.17) is 9.52 Å². The molecule has 1 aliphatic rings. The molecule has 208 valence electrons. The molecule has 6 unspecified atom stereocenters. The van der Waals surface area contributed by atoms with Gasteiger partial charge in [-0.25, -0.2) is 5.01 Å². The first kappa shape index (κ1) is 30.3. The maximum atomic E-state index is 14.3. The Kier molecular flexibility index (Phi) is 9.37. The summed E-state index contributed by atoms with van der Waals surface area (Å²) in [6.07, 6.45) is 1.56. The molecule has 0 spiro atoms. The van der Waals surface area contributed by atoms with Crippen LogP contribution in [0.1, 0.15) is 56.6 Å². The SMILES string of the molecule is Cc1ccc(C2C(c3ccc(P)cc3P)=NN(c3ccc(P)cc3P)C2(C)C(=O)NCCCC(C)(C)CO)o1. The number of aliphatic hydroxyl groups excluding tert-OH is 1. The van der Waals surface area contributed by atoms with E-state index in [9.17, 15) is 9.90 Å². The Labute approximate surface area is 241 Å². The molecule has 10 heteroatoms. The van der Waals surface area contributed by atoms with Crippen LogP contribution >= 0.6 is 37.0 Å². The van der Waals surface area contributed by atoms with Gasteiger partial charge < -0.3 is 14.8 Å². The number of carbonyl (C=O) groups excluding carboxylic acids is 1. The number of hydrogen-bond acceptors (Lipinski definition) is 5. The fraction of sp³-hybridized carbons (Fsp3) is 0.379. The molecule has 39 heavy (non-hydrogen) atoms. The van der Waals surface area contributed by atoms with E-state index in [0.717, 1.165) is 56.8 Å². The van der Waals surface area contributed by atoms with Crippen LogP contribution in [0.4, 0.5) is 5.69 Å². The number of furan rings is 1. The van der Waals surface area contributed by atoms with Crippen LogP contribution in [0.25, 0.3) is 0 Å². The van der Waals surface area contributed by atoms with Crippen molar-refractivity contribution in [2.24, 2.45) is 10.5 Å². The molecule has 0 bridgehead atoms. The largest absolute Gasteiger partial charge is 0.466 e. The first-order chi connectivity index (χ1) is 18.4. The maximum Gasteiger partial charge on any atom is 0.248 e. The molecule has 4 rings (SSSR count). The van der Waals surface area contributed by atoms with Gasteiger partial charge in [-0.15, -0.1) is 37.0 Å². The summed E-state index contributed by atoms with van der Waals surface area (Å²) in [6, 6.07) is 16.1. The number of nitrogens with one attached hydrogen (secondary N) is 1. The zero-order valence-corrected chi connectivity index (χ0v) is 27.6. The third kappa shape index (κ3) is 6.32. The van der Waals surface area contributed by atoms with E-state index in [-0.39, 0.29) is 17.9 Å². The molecule has 0 fully saturated rings. The highest BCUT2D eigenvalue weighted by molar-refractivity contribution is 7.30. The number of aliphatic hydroxyl groups is 1. The fourth-order valence-electron chi connectivity index (χ4n) is 5.03. The number of aryl methyl sites for hydroxylation is 1. The Morgan fingerprint density at radius 2 is 1.74 bits per heavy atom.